The van der Waals surface area contributed by atoms with E-state index >= 15 is 0 Å². The fourth-order valence-electron chi connectivity index (χ4n) is 1.87. The van der Waals surface area contributed by atoms with Crippen molar-refractivity contribution in [1.82, 2.24) is 5.32 Å². The Hall–Kier alpha value is -0.650. The Kier molecular flexibility index (Phi) is 3.86. The zero-order valence-electron chi connectivity index (χ0n) is 8.18. The number of nitrogens with one attached hydrogen (secondary N) is 1. The topological polar surface area (TPSA) is 89.8 Å². The third-order valence-electron chi connectivity index (χ3n) is 2.72. The number of carbonyl (C=O) groups excluding carboxylic acids is 1. The largest absolute Gasteiger partial charge is 0.396 e. The molecule has 1 fully saturated rings. The van der Waals surface area contributed by atoms with Crippen molar-refractivity contribution in [1.29, 1.82) is 0 Å². The summed E-state index contributed by atoms with van der Waals surface area (Å²) >= 11 is 0. The number of hydrogen-bond acceptors (Lipinski definition) is 4. The zero-order valence-corrected chi connectivity index (χ0v) is 8.18. The molecular weight excluding hydrogens is 186 g/mol. The van der Waals surface area contributed by atoms with Gasteiger partial charge in [0.1, 0.15) is 6.10 Å². The monoisotopic (exact) mass is 203 g/mol. The molecule has 4 N–H and O–H groups in total. The Morgan fingerprint density at radius 1 is 1.36 bits per heavy atom. The third-order valence-corrected chi connectivity index (χ3v) is 2.72. The van der Waals surface area contributed by atoms with Gasteiger partial charge in [-0.05, 0) is 12.8 Å². The first-order chi connectivity index (χ1) is 6.56. The molecule has 0 spiro atoms. The average molecular weight is 203 g/mol. The minimum atomic E-state index is -0.982. The summed E-state index contributed by atoms with van der Waals surface area (Å²) in [7, 11) is 0. The van der Waals surface area contributed by atoms with Crippen molar-refractivity contribution in [3.05, 3.63) is 0 Å². The maximum atomic E-state index is 10.8. The van der Waals surface area contributed by atoms with Gasteiger partial charge in [0, 0.05) is 19.4 Å². The molecule has 0 aromatic heterocycles. The molecule has 0 aromatic carbocycles. The summed E-state index contributed by atoms with van der Waals surface area (Å²) in [6.45, 7) is 1.24. The van der Waals surface area contributed by atoms with Gasteiger partial charge in [-0.1, -0.05) is 0 Å². The van der Waals surface area contributed by atoms with Crippen LogP contribution in [0.4, 0.5) is 0 Å². The molecule has 0 heterocycles. The lowest BCUT2D eigenvalue weighted by molar-refractivity contribution is -0.124. The second kappa shape index (κ2) is 4.72. The van der Waals surface area contributed by atoms with Crippen molar-refractivity contribution in [3.8, 4) is 0 Å². The molecule has 5 heteroatoms. The maximum absolute atomic E-state index is 10.8. The normalized spacial score (nSPS) is 38.0. The van der Waals surface area contributed by atoms with Crippen molar-refractivity contribution in [2.24, 2.45) is 5.92 Å². The standard InChI is InChI=1S/C9H17NO4/c1-5(12)10-7-3-2-6(4-11)8(13)9(7)14/h6-9,11,13-14H,2-4H2,1H3,(H,10,12)/t6?,7?,8-,9?/m0/s1. The SMILES string of the molecule is CC(=O)NC1CCC(CO)[C@H](O)C1O. The number of aliphatic hydroxyl groups excluding tert-OH is 3. The van der Waals surface area contributed by atoms with Crippen molar-refractivity contribution in [2.45, 2.75) is 38.0 Å². The van der Waals surface area contributed by atoms with Gasteiger partial charge in [-0.3, -0.25) is 4.79 Å². The molecule has 1 aliphatic carbocycles. The summed E-state index contributed by atoms with van der Waals surface area (Å²) in [5.74, 6) is -0.501. The van der Waals surface area contributed by atoms with E-state index in [-0.39, 0.29) is 18.4 Å². The van der Waals surface area contributed by atoms with E-state index in [9.17, 15) is 15.0 Å². The van der Waals surface area contributed by atoms with Crippen LogP contribution in [0.5, 0.6) is 0 Å². The maximum Gasteiger partial charge on any atom is 0.217 e. The number of aliphatic hydroxyl groups is 3. The van der Waals surface area contributed by atoms with Crippen LogP contribution in [0.1, 0.15) is 19.8 Å². The fraction of sp³-hybridized carbons (Fsp3) is 0.889. The highest BCUT2D eigenvalue weighted by Crippen LogP contribution is 2.24. The van der Waals surface area contributed by atoms with Crippen molar-refractivity contribution in [2.75, 3.05) is 6.61 Å². The van der Waals surface area contributed by atoms with E-state index in [2.05, 4.69) is 5.32 Å². The van der Waals surface area contributed by atoms with Gasteiger partial charge < -0.3 is 20.6 Å². The molecular formula is C9H17NO4. The molecule has 0 radical (unpaired) electrons. The molecule has 1 saturated carbocycles. The van der Waals surface area contributed by atoms with Crippen LogP contribution in [0.3, 0.4) is 0 Å². The lowest BCUT2D eigenvalue weighted by Gasteiger charge is -2.36. The van der Waals surface area contributed by atoms with Gasteiger partial charge in [0.05, 0.1) is 12.1 Å². The van der Waals surface area contributed by atoms with Gasteiger partial charge >= 0.3 is 0 Å². The van der Waals surface area contributed by atoms with Crippen LogP contribution in [0.25, 0.3) is 0 Å². The fourth-order valence-corrected chi connectivity index (χ4v) is 1.87. The van der Waals surface area contributed by atoms with Crippen LogP contribution in [0.15, 0.2) is 0 Å². The molecule has 0 bridgehead atoms. The van der Waals surface area contributed by atoms with Gasteiger partial charge in [0.15, 0.2) is 0 Å². The lowest BCUT2D eigenvalue weighted by Crippen LogP contribution is -2.54. The lowest BCUT2D eigenvalue weighted by atomic mass is 9.82. The van der Waals surface area contributed by atoms with E-state index in [0.29, 0.717) is 12.8 Å². The number of hydrogen-bond donors (Lipinski definition) is 4. The molecule has 0 saturated heterocycles. The summed E-state index contributed by atoms with van der Waals surface area (Å²) < 4.78 is 0. The minimum absolute atomic E-state index is 0.134. The highest BCUT2D eigenvalue weighted by molar-refractivity contribution is 5.73. The molecule has 0 aromatic rings. The Bertz CT molecular complexity index is 209. The smallest absolute Gasteiger partial charge is 0.217 e. The zero-order chi connectivity index (χ0) is 10.7. The Morgan fingerprint density at radius 2 is 2.00 bits per heavy atom. The predicted octanol–water partition coefficient (Wildman–Crippen LogP) is -1.38. The molecule has 1 aliphatic rings. The summed E-state index contributed by atoms with van der Waals surface area (Å²) in [4.78, 5) is 10.8. The first kappa shape index (κ1) is 11.4. The highest BCUT2D eigenvalue weighted by Gasteiger charge is 2.37. The molecule has 1 amide bonds. The van der Waals surface area contributed by atoms with E-state index in [1.165, 1.54) is 6.92 Å². The van der Waals surface area contributed by atoms with Crippen molar-refractivity contribution in [3.63, 3.8) is 0 Å². The summed E-state index contributed by atoms with van der Waals surface area (Å²) in [6, 6.07) is -0.398. The van der Waals surface area contributed by atoms with E-state index in [0.717, 1.165) is 0 Å². The highest BCUT2D eigenvalue weighted by atomic mass is 16.3. The third kappa shape index (κ3) is 2.43. The van der Waals surface area contributed by atoms with Crippen molar-refractivity contribution < 1.29 is 20.1 Å². The minimum Gasteiger partial charge on any atom is -0.396 e. The van der Waals surface area contributed by atoms with Crippen LogP contribution in [0, 0.1) is 5.92 Å². The van der Waals surface area contributed by atoms with Crippen LogP contribution < -0.4 is 5.32 Å². The Balaban J connectivity index is 2.54. The van der Waals surface area contributed by atoms with Crippen LogP contribution in [-0.2, 0) is 4.79 Å². The Morgan fingerprint density at radius 3 is 2.50 bits per heavy atom. The van der Waals surface area contributed by atoms with Crippen LogP contribution in [0.2, 0.25) is 0 Å². The Labute approximate surface area is 82.7 Å². The number of carbonyl (C=O) groups is 1. The van der Waals surface area contributed by atoms with Gasteiger partial charge in [-0.15, -0.1) is 0 Å². The average Bonchev–Trinajstić information content (AvgIpc) is 2.13. The molecule has 14 heavy (non-hydrogen) atoms. The second-order valence-electron chi connectivity index (χ2n) is 3.81. The van der Waals surface area contributed by atoms with E-state index < -0.39 is 18.2 Å². The molecule has 5 nitrogen and oxygen atoms in total. The van der Waals surface area contributed by atoms with Gasteiger partial charge in [-0.2, -0.15) is 0 Å². The van der Waals surface area contributed by atoms with Crippen LogP contribution in [-0.4, -0.2) is 46.1 Å². The van der Waals surface area contributed by atoms with Gasteiger partial charge in [-0.25, -0.2) is 0 Å². The predicted molar refractivity (Wildman–Crippen MR) is 49.4 cm³/mol. The molecule has 0 aliphatic heterocycles. The molecule has 82 valence electrons. The second-order valence-corrected chi connectivity index (χ2v) is 3.81. The van der Waals surface area contributed by atoms with E-state index in [1.54, 1.807) is 0 Å². The summed E-state index contributed by atoms with van der Waals surface area (Å²) in [6.07, 6.45) is -0.738. The van der Waals surface area contributed by atoms with E-state index in [4.69, 9.17) is 5.11 Å². The van der Waals surface area contributed by atoms with Crippen LogP contribution >= 0.6 is 0 Å². The number of rotatable bonds is 2. The molecule has 1 rings (SSSR count). The summed E-state index contributed by atoms with van der Waals surface area (Å²) in [5, 5.41) is 30.6. The first-order valence-corrected chi connectivity index (χ1v) is 4.80. The molecule has 4 atom stereocenters. The number of amides is 1. The van der Waals surface area contributed by atoms with Gasteiger partial charge in [0.2, 0.25) is 5.91 Å². The van der Waals surface area contributed by atoms with Crippen molar-refractivity contribution >= 4 is 5.91 Å². The molecule has 3 unspecified atom stereocenters. The van der Waals surface area contributed by atoms with E-state index in [1.807, 2.05) is 0 Å². The quantitative estimate of drug-likeness (QED) is 0.445. The van der Waals surface area contributed by atoms with Gasteiger partial charge in [0.25, 0.3) is 0 Å². The summed E-state index contributed by atoms with van der Waals surface area (Å²) in [5.41, 5.74) is 0. The first-order valence-electron chi connectivity index (χ1n) is 4.80.